The first-order valence-corrected chi connectivity index (χ1v) is 6.70. The Balaban J connectivity index is 1.82. The first-order valence-electron chi connectivity index (χ1n) is 6.70. The van der Waals surface area contributed by atoms with Crippen LogP contribution in [-0.2, 0) is 9.53 Å². The molecule has 0 saturated carbocycles. The molecule has 17 heavy (non-hydrogen) atoms. The van der Waals surface area contributed by atoms with Crippen molar-refractivity contribution in [2.24, 2.45) is 5.92 Å². The van der Waals surface area contributed by atoms with E-state index in [0.717, 1.165) is 38.8 Å². The summed E-state index contributed by atoms with van der Waals surface area (Å²) in [4.78, 5) is 14.1. The highest BCUT2D eigenvalue weighted by atomic mass is 16.5. The molecule has 3 unspecified atom stereocenters. The number of piperidine rings is 1. The topological polar surface area (TPSA) is 49.8 Å². The van der Waals surface area contributed by atoms with Gasteiger partial charge < -0.3 is 14.7 Å². The van der Waals surface area contributed by atoms with Gasteiger partial charge >= 0.3 is 0 Å². The number of amides is 1. The Labute approximate surface area is 103 Å². The Morgan fingerprint density at radius 2 is 1.94 bits per heavy atom. The van der Waals surface area contributed by atoms with Crippen molar-refractivity contribution >= 4 is 5.91 Å². The molecule has 2 aliphatic heterocycles. The Hall–Kier alpha value is -0.610. The standard InChI is InChI=1S/C13H23NO3/c1-9-3-4-12(17-9)13(16)14-7-5-11(6-8-14)10(2)15/h9-12,15H,3-8H2,1-2H3. The molecule has 2 heterocycles. The molecule has 2 saturated heterocycles. The molecule has 4 heteroatoms. The molecule has 2 rings (SSSR count). The van der Waals surface area contributed by atoms with Crippen LogP contribution in [-0.4, -0.2) is 47.3 Å². The first kappa shape index (κ1) is 12.8. The fourth-order valence-corrected chi connectivity index (χ4v) is 2.79. The molecule has 3 atom stereocenters. The van der Waals surface area contributed by atoms with Crippen molar-refractivity contribution < 1.29 is 14.6 Å². The average molecular weight is 241 g/mol. The molecular formula is C13H23NO3. The van der Waals surface area contributed by atoms with Crippen LogP contribution >= 0.6 is 0 Å². The summed E-state index contributed by atoms with van der Waals surface area (Å²) < 4.78 is 5.61. The third-order valence-corrected chi connectivity index (χ3v) is 4.04. The number of carbonyl (C=O) groups excluding carboxylic acids is 1. The predicted molar refractivity (Wildman–Crippen MR) is 64.6 cm³/mol. The predicted octanol–water partition coefficient (Wildman–Crippen LogP) is 1.17. The second-order valence-electron chi connectivity index (χ2n) is 5.42. The highest BCUT2D eigenvalue weighted by molar-refractivity contribution is 5.81. The summed E-state index contributed by atoms with van der Waals surface area (Å²) in [6.07, 6.45) is 3.41. The number of aliphatic hydroxyl groups excluding tert-OH is 1. The van der Waals surface area contributed by atoms with Gasteiger partial charge in [0.15, 0.2) is 0 Å². The molecule has 2 aliphatic rings. The number of rotatable bonds is 2. The number of nitrogens with zero attached hydrogens (tertiary/aromatic N) is 1. The van der Waals surface area contributed by atoms with E-state index in [0.29, 0.717) is 5.92 Å². The summed E-state index contributed by atoms with van der Waals surface area (Å²) in [7, 11) is 0. The van der Waals surface area contributed by atoms with E-state index in [1.54, 1.807) is 0 Å². The number of aliphatic hydroxyl groups is 1. The second-order valence-corrected chi connectivity index (χ2v) is 5.42. The maximum atomic E-state index is 12.2. The Morgan fingerprint density at radius 1 is 1.29 bits per heavy atom. The summed E-state index contributed by atoms with van der Waals surface area (Å²) in [5, 5.41) is 9.52. The molecule has 0 radical (unpaired) electrons. The van der Waals surface area contributed by atoms with Gasteiger partial charge in [-0.2, -0.15) is 0 Å². The zero-order chi connectivity index (χ0) is 12.4. The minimum absolute atomic E-state index is 0.151. The van der Waals surface area contributed by atoms with E-state index < -0.39 is 0 Å². The molecule has 0 bridgehead atoms. The summed E-state index contributed by atoms with van der Waals surface area (Å²) in [6, 6.07) is 0. The van der Waals surface area contributed by atoms with Gasteiger partial charge in [0.25, 0.3) is 5.91 Å². The Kier molecular flexibility index (Phi) is 4.05. The van der Waals surface area contributed by atoms with Gasteiger partial charge in [-0.05, 0) is 45.4 Å². The van der Waals surface area contributed by atoms with Crippen molar-refractivity contribution in [3.05, 3.63) is 0 Å². The van der Waals surface area contributed by atoms with Gasteiger partial charge in [0, 0.05) is 13.1 Å². The molecule has 2 fully saturated rings. The van der Waals surface area contributed by atoms with Gasteiger partial charge in [0.1, 0.15) is 6.10 Å². The SMILES string of the molecule is CC1CCC(C(=O)N2CCC(C(C)O)CC2)O1. The van der Waals surface area contributed by atoms with Gasteiger partial charge in [-0.25, -0.2) is 0 Å². The van der Waals surface area contributed by atoms with Crippen molar-refractivity contribution in [1.29, 1.82) is 0 Å². The van der Waals surface area contributed by atoms with Crippen LogP contribution in [0.15, 0.2) is 0 Å². The maximum Gasteiger partial charge on any atom is 0.251 e. The lowest BCUT2D eigenvalue weighted by atomic mass is 9.92. The normalized spacial score (nSPS) is 32.8. The lowest BCUT2D eigenvalue weighted by Crippen LogP contribution is -2.45. The lowest BCUT2D eigenvalue weighted by Gasteiger charge is -2.34. The van der Waals surface area contributed by atoms with Crippen LogP contribution in [0, 0.1) is 5.92 Å². The van der Waals surface area contributed by atoms with Crippen molar-refractivity contribution in [3.63, 3.8) is 0 Å². The number of hydrogen-bond donors (Lipinski definition) is 1. The summed E-state index contributed by atoms with van der Waals surface area (Å²) in [6.45, 7) is 5.39. The van der Waals surface area contributed by atoms with Gasteiger partial charge in [0.05, 0.1) is 12.2 Å². The second kappa shape index (κ2) is 5.36. The largest absolute Gasteiger partial charge is 0.393 e. The van der Waals surface area contributed by atoms with Gasteiger partial charge in [0.2, 0.25) is 0 Å². The van der Waals surface area contributed by atoms with E-state index >= 15 is 0 Å². The highest BCUT2D eigenvalue weighted by Gasteiger charge is 2.33. The van der Waals surface area contributed by atoms with Crippen LogP contribution < -0.4 is 0 Å². The average Bonchev–Trinajstić information content (AvgIpc) is 2.75. The van der Waals surface area contributed by atoms with E-state index in [9.17, 15) is 9.90 Å². The highest BCUT2D eigenvalue weighted by Crippen LogP contribution is 2.25. The third-order valence-electron chi connectivity index (χ3n) is 4.04. The Morgan fingerprint density at radius 3 is 2.41 bits per heavy atom. The van der Waals surface area contributed by atoms with E-state index in [2.05, 4.69) is 0 Å². The molecule has 1 amide bonds. The fraction of sp³-hybridized carbons (Fsp3) is 0.923. The quantitative estimate of drug-likeness (QED) is 0.789. The molecule has 0 aliphatic carbocycles. The Bertz CT molecular complexity index is 272. The zero-order valence-electron chi connectivity index (χ0n) is 10.8. The smallest absolute Gasteiger partial charge is 0.251 e. The van der Waals surface area contributed by atoms with Crippen LogP contribution in [0.25, 0.3) is 0 Å². The van der Waals surface area contributed by atoms with Crippen LogP contribution in [0.5, 0.6) is 0 Å². The summed E-state index contributed by atoms with van der Waals surface area (Å²) >= 11 is 0. The van der Waals surface area contributed by atoms with Crippen LogP contribution in [0.1, 0.15) is 39.5 Å². The third kappa shape index (κ3) is 2.99. The summed E-state index contributed by atoms with van der Waals surface area (Å²) in [5.41, 5.74) is 0. The van der Waals surface area contributed by atoms with Crippen molar-refractivity contribution in [3.8, 4) is 0 Å². The number of likely N-dealkylation sites (tertiary alicyclic amines) is 1. The number of ether oxygens (including phenoxy) is 1. The molecule has 4 nitrogen and oxygen atoms in total. The zero-order valence-corrected chi connectivity index (χ0v) is 10.8. The van der Waals surface area contributed by atoms with E-state index in [1.807, 2.05) is 18.7 Å². The molecule has 0 aromatic rings. The van der Waals surface area contributed by atoms with Crippen LogP contribution in [0.2, 0.25) is 0 Å². The lowest BCUT2D eigenvalue weighted by molar-refractivity contribution is -0.144. The fourth-order valence-electron chi connectivity index (χ4n) is 2.79. The van der Waals surface area contributed by atoms with Gasteiger partial charge in [-0.1, -0.05) is 0 Å². The molecular weight excluding hydrogens is 218 g/mol. The number of carbonyl (C=O) groups is 1. The van der Waals surface area contributed by atoms with Crippen LogP contribution in [0.3, 0.4) is 0 Å². The van der Waals surface area contributed by atoms with E-state index in [4.69, 9.17) is 4.74 Å². The van der Waals surface area contributed by atoms with Crippen molar-refractivity contribution in [1.82, 2.24) is 4.90 Å². The summed E-state index contributed by atoms with van der Waals surface area (Å²) in [5.74, 6) is 0.501. The van der Waals surface area contributed by atoms with Gasteiger partial charge in [-0.3, -0.25) is 4.79 Å². The first-order chi connectivity index (χ1) is 8.08. The van der Waals surface area contributed by atoms with Crippen LogP contribution in [0.4, 0.5) is 0 Å². The monoisotopic (exact) mass is 241 g/mol. The molecule has 1 N–H and O–H groups in total. The molecule has 0 spiro atoms. The van der Waals surface area contributed by atoms with Crippen molar-refractivity contribution in [2.75, 3.05) is 13.1 Å². The minimum Gasteiger partial charge on any atom is -0.393 e. The van der Waals surface area contributed by atoms with Gasteiger partial charge in [-0.15, -0.1) is 0 Å². The number of hydrogen-bond acceptors (Lipinski definition) is 3. The molecule has 0 aromatic carbocycles. The van der Waals surface area contributed by atoms with Crippen molar-refractivity contribution in [2.45, 2.75) is 57.8 Å². The molecule has 98 valence electrons. The molecule has 0 aromatic heterocycles. The maximum absolute atomic E-state index is 12.2. The minimum atomic E-state index is -0.255. The van der Waals surface area contributed by atoms with E-state index in [1.165, 1.54) is 0 Å². The van der Waals surface area contributed by atoms with E-state index in [-0.39, 0.29) is 24.2 Å².